The van der Waals surface area contributed by atoms with Gasteiger partial charge in [0.2, 0.25) is 21.8 Å². The van der Waals surface area contributed by atoms with Crippen LogP contribution < -0.4 is 9.62 Å². The first kappa shape index (κ1) is 28.7. The maximum atomic E-state index is 13.6. The minimum atomic E-state index is -3.75. The third-order valence-electron chi connectivity index (χ3n) is 5.96. The van der Waals surface area contributed by atoms with Crippen LogP contribution in [0.2, 0.25) is 5.02 Å². The molecule has 0 spiro atoms. The van der Waals surface area contributed by atoms with Gasteiger partial charge in [0.05, 0.1) is 11.9 Å². The van der Waals surface area contributed by atoms with E-state index in [2.05, 4.69) is 5.32 Å². The van der Waals surface area contributed by atoms with Gasteiger partial charge in [0.1, 0.15) is 12.6 Å². The van der Waals surface area contributed by atoms with E-state index in [9.17, 15) is 18.0 Å². The van der Waals surface area contributed by atoms with Gasteiger partial charge in [-0.05, 0) is 61.6 Å². The van der Waals surface area contributed by atoms with Crippen molar-refractivity contribution in [1.82, 2.24) is 10.2 Å². The van der Waals surface area contributed by atoms with Crippen LogP contribution in [0.25, 0.3) is 0 Å². The molecule has 35 heavy (non-hydrogen) atoms. The van der Waals surface area contributed by atoms with Crippen LogP contribution in [0.5, 0.6) is 0 Å². The molecular weight excluding hydrogens is 486 g/mol. The first-order valence-corrected chi connectivity index (χ1v) is 14.1. The normalized spacial score (nSPS) is 13.1. The molecule has 2 rings (SSSR count). The van der Waals surface area contributed by atoms with Gasteiger partial charge in [-0.25, -0.2) is 8.42 Å². The van der Waals surface area contributed by atoms with Crippen molar-refractivity contribution in [2.75, 3.05) is 17.1 Å². The molecular formula is C26H36ClN3O4S. The topological polar surface area (TPSA) is 86.8 Å². The summed E-state index contributed by atoms with van der Waals surface area (Å²) in [6.07, 6.45) is 3.02. The van der Waals surface area contributed by atoms with E-state index >= 15 is 0 Å². The number of amides is 2. The molecule has 1 N–H and O–H groups in total. The van der Waals surface area contributed by atoms with Gasteiger partial charge in [0.15, 0.2) is 0 Å². The van der Waals surface area contributed by atoms with E-state index in [0.717, 1.165) is 34.5 Å². The molecule has 2 aromatic carbocycles. The first-order valence-electron chi connectivity index (χ1n) is 11.9. The van der Waals surface area contributed by atoms with E-state index in [4.69, 9.17) is 11.6 Å². The number of carbonyl (C=O) groups is 2. The van der Waals surface area contributed by atoms with E-state index in [1.807, 2.05) is 39.8 Å². The number of aryl methyl sites for hydroxylation is 1. The van der Waals surface area contributed by atoms with Gasteiger partial charge >= 0.3 is 0 Å². The molecule has 0 fully saturated rings. The lowest BCUT2D eigenvalue weighted by Gasteiger charge is -2.33. The molecule has 0 saturated heterocycles. The van der Waals surface area contributed by atoms with Crippen LogP contribution >= 0.6 is 11.6 Å². The number of nitrogens with one attached hydrogen (secondary N) is 1. The van der Waals surface area contributed by atoms with Crippen molar-refractivity contribution < 1.29 is 18.0 Å². The highest BCUT2D eigenvalue weighted by molar-refractivity contribution is 7.92. The van der Waals surface area contributed by atoms with Crippen molar-refractivity contribution in [2.45, 2.75) is 65.6 Å². The summed E-state index contributed by atoms with van der Waals surface area (Å²) < 4.78 is 26.4. The second kappa shape index (κ2) is 12.9. The van der Waals surface area contributed by atoms with E-state index in [1.54, 1.807) is 36.4 Å². The largest absolute Gasteiger partial charge is 0.352 e. The molecule has 0 bridgehead atoms. The van der Waals surface area contributed by atoms with E-state index in [-0.39, 0.29) is 18.5 Å². The first-order chi connectivity index (χ1) is 16.5. The highest BCUT2D eigenvalue weighted by Gasteiger charge is 2.32. The Morgan fingerprint density at radius 1 is 0.943 bits per heavy atom. The third-order valence-corrected chi connectivity index (χ3v) is 7.36. The zero-order valence-corrected chi connectivity index (χ0v) is 22.7. The van der Waals surface area contributed by atoms with Crippen molar-refractivity contribution in [3.05, 3.63) is 64.7 Å². The highest BCUT2D eigenvalue weighted by Crippen LogP contribution is 2.21. The average molecular weight is 522 g/mol. The van der Waals surface area contributed by atoms with Crippen molar-refractivity contribution in [3.8, 4) is 0 Å². The molecule has 0 aromatic heterocycles. The predicted molar refractivity (Wildman–Crippen MR) is 142 cm³/mol. The Kier molecular flexibility index (Phi) is 10.6. The summed E-state index contributed by atoms with van der Waals surface area (Å²) >= 11 is 6.01. The van der Waals surface area contributed by atoms with Gasteiger partial charge in [0.25, 0.3) is 0 Å². The SMILES string of the molecule is CCc1ccc(N(CC(=O)N(Cc2ccc(Cl)cc2)[C@@H](CC)C(=O)N[C@H](C)CC)S(C)(=O)=O)cc1. The lowest BCUT2D eigenvalue weighted by atomic mass is 10.1. The molecule has 0 aliphatic rings. The zero-order chi connectivity index (χ0) is 26.2. The fourth-order valence-electron chi connectivity index (χ4n) is 3.66. The molecule has 0 aliphatic carbocycles. The number of halogens is 1. The second-order valence-electron chi connectivity index (χ2n) is 8.68. The summed E-state index contributed by atoms with van der Waals surface area (Å²) in [6.45, 7) is 7.45. The lowest BCUT2D eigenvalue weighted by molar-refractivity contribution is -0.140. The summed E-state index contributed by atoms with van der Waals surface area (Å²) in [4.78, 5) is 28.2. The predicted octanol–water partition coefficient (Wildman–Crippen LogP) is 4.39. The van der Waals surface area contributed by atoms with Crippen LogP contribution in [0.3, 0.4) is 0 Å². The third kappa shape index (κ3) is 8.25. The Morgan fingerprint density at radius 2 is 1.51 bits per heavy atom. The van der Waals surface area contributed by atoms with Crippen LogP contribution in [-0.2, 0) is 32.6 Å². The Morgan fingerprint density at radius 3 is 2.00 bits per heavy atom. The van der Waals surface area contributed by atoms with Gasteiger partial charge in [-0.15, -0.1) is 0 Å². The number of rotatable bonds is 12. The van der Waals surface area contributed by atoms with Crippen molar-refractivity contribution >= 4 is 39.1 Å². The minimum Gasteiger partial charge on any atom is -0.352 e. The summed E-state index contributed by atoms with van der Waals surface area (Å²) in [5, 5.41) is 3.51. The van der Waals surface area contributed by atoms with Gasteiger partial charge < -0.3 is 10.2 Å². The number of nitrogens with zero attached hydrogens (tertiary/aromatic N) is 2. The van der Waals surface area contributed by atoms with Crippen LogP contribution in [-0.4, -0.2) is 50.0 Å². The monoisotopic (exact) mass is 521 g/mol. The van der Waals surface area contributed by atoms with Crippen LogP contribution in [0.15, 0.2) is 48.5 Å². The Balaban J connectivity index is 2.42. The summed E-state index contributed by atoms with van der Waals surface area (Å²) in [6, 6.07) is 13.3. The Bertz CT molecular complexity index is 1090. The maximum absolute atomic E-state index is 13.6. The Labute approximate surface area is 214 Å². The molecule has 0 unspecified atom stereocenters. The summed E-state index contributed by atoms with van der Waals surface area (Å²) in [5.41, 5.74) is 2.25. The van der Waals surface area contributed by atoms with Crippen molar-refractivity contribution in [3.63, 3.8) is 0 Å². The number of sulfonamides is 1. The number of carbonyl (C=O) groups excluding carboxylic acids is 2. The van der Waals surface area contributed by atoms with Gasteiger partial charge in [-0.1, -0.05) is 56.6 Å². The Hall–Kier alpha value is -2.58. The van der Waals surface area contributed by atoms with Crippen molar-refractivity contribution in [1.29, 1.82) is 0 Å². The molecule has 0 radical (unpaired) electrons. The summed E-state index contributed by atoms with van der Waals surface area (Å²) in [5.74, 6) is -0.724. The number of hydrogen-bond donors (Lipinski definition) is 1. The fourth-order valence-corrected chi connectivity index (χ4v) is 4.63. The molecule has 192 valence electrons. The van der Waals surface area contributed by atoms with Gasteiger partial charge in [-0.3, -0.25) is 13.9 Å². The van der Waals surface area contributed by atoms with Crippen LogP contribution in [0, 0.1) is 0 Å². The molecule has 2 atom stereocenters. The number of anilines is 1. The molecule has 0 saturated carbocycles. The van der Waals surface area contributed by atoms with Gasteiger partial charge in [-0.2, -0.15) is 0 Å². The number of benzene rings is 2. The van der Waals surface area contributed by atoms with E-state index in [1.165, 1.54) is 4.90 Å². The fraction of sp³-hybridized carbons (Fsp3) is 0.462. The highest BCUT2D eigenvalue weighted by atomic mass is 35.5. The van der Waals surface area contributed by atoms with Crippen LogP contribution in [0.1, 0.15) is 51.7 Å². The maximum Gasteiger partial charge on any atom is 0.244 e. The van der Waals surface area contributed by atoms with E-state index < -0.39 is 28.5 Å². The molecule has 0 aliphatic heterocycles. The molecule has 7 nitrogen and oxygen atoms in total. The smallest absolute Gasteiger partial charge is 0.244 e. The van der Waals surface area contributed by atoms with Crippen molar-refractivity contribution in [2.24, 2.45) is 0 Å². The standard InChI is InChI=1S/C26H36ClN3O4S/c1-6-19(4)28-26(32)24(8-3)29(17-21-9-13-22(27)14-10-21)25(31)18-30(35(5,33)34)23-15-11-20(7-2)12-16-23/h9-16,19,24H,6-8,17-18H2,1-5H3,(H,28,32)/t19-,24+/m1/s1. The average Bonchev–Trinajstić information content (AvgIpc) is 2.82. The molecule has 9 heteroatoms. The summed E-state index contributed by atoms with van der Waals surface area (Å²) in [7, 11) is -3.75. The minimum absolute atomic E-state index is 0.0476. The zero-order valence-electron chi connectivity index (χ0n) is 21.1. The lowest BCUT2D eigenvalue weighted by Crippen LogP contribution is -2.53. The van der Waals surface area contributed by atoms with Gasteiger partial charge in [0, 0.05) is 17.6 Å². The second-order valence-corrected chi connectivity index (χ2v) is 11.0. The van der Waals surface area contributed by atoms with Crippen LogP contribution in [0.4, 0.5) is 5.69 Å². The quantitative estimate of drug-likeness (QED) is 0.448. The molecule has 0 heterocycles. The molecule has 2 amide bonds. The van der Waals surface area contributed by atoms with E-state index in [0.29, 0.717) is 17.1 Å². The molecule has 2 aromatic rings. The number of hydrogen-bond acceptors (Lipinski definition) is 4.